The van der Waals surface area contributed by atoms with Gasteiger partial charge in [-0.05, 0) is 47.7 Å². The van der Waals surface area contributed by atoms with Gasteiger partial charge in [-0.25, -0.2) is 4.79 Å². The summed E-state index contributed by atoms with van der Waals surface area (Å²) in [6, 6.07) is 3.86. The summed E-state index contributed by atoms with van der Waals surface area (Å²) in [4.78, 5) is 12.0. The first-order chi connectivity index (χ1) is 9.13. The summed E-state index contributed by atoms with van der Waals surface area (Å²) in [6.45, 7) is 2.07. The lowest BCUT2D eigenvalue weighted by Crippen LogP contribution is -2.22. The molecule has 2 aromatic rings. The number of hydrogen-bond acceptors (Lipinski definition) is 4. The van der Waals surface area contributed by atoms with Gasteiger partial charge in [-0.3, -0.25) is 0 Å². The third-order valence-corrected chi connectivity index (χ3v) is 3.53. The van der Waals surface area contributed by atoms with E-state index in [1.165, 1.54) is 33.3 Å². The first-order valence-electron chi connectivity index (χ1n) is 6.30. The van der Waals surface area contributed by atoms with Gasteiger partial charge in [0.15, 0.2) is 0 Å². The number of tetrazole rings is 1. The van der Waals surface area contributed by atoms with Crippen molar-refractivity contribution in [2.45, 2.75) is 25.7 Å². The second-order valence-corrected chi connectivity index (χ2v) is 4.92. The average molecular weight is 260 g/mol. The lowest BCUT2D eigenvalue weighted by Gasteiger charge is -2.14. The van der Waals surface area contributed by atoms with Gasteiger partial charge in [0.2, 0.25) is 0 Å². The fraction of sp³-hybridized carbons (Fsp3) is 0.462. The van der Waals surface area contributed by atoms with Gasteiger partial charge in [-0.1, -0.05) is 6.07 Å². The van der Waals surface area contributed by atoms with E-state index in [4.69, 9.17) is 4.74 Å². The Bertz CT molecular complexity index is 682. The van der Waals surface area contributed by atoms with Crippen LogP contribution in [-0.4, -0.2) is 26.9 Å². The summed E-state index contributed by atoms with van der Waals surface area (Å²) in [6.07, 6.45) is 2.35. The van der Waals surface area contributed by atoms with Crippen LogP contribution in [0.1, 0.15) is 29.9 Å². The molecular formula is C13H16N4O2. The highest BCUT2D eigenvalue weighted by Crippen LogP contribution is 2.47. The van der Waals surface area contributed by atoms with E-state index in [9.17, 15) is 4.79 Å². The fourth-order valence-electron chi connectivity index (χ4n) is 2.41. The molecule has 0 amide bonds. The summed E-state index contributed by atoms with van der Waals surface area (Å²) in [7, 11) is 3.21. The van der Waals surface area contributed by atoms with Crippen molar-refractivity contribution >= 4 is 0 Å². The van der Waals surface area contributed by atoms with Crippen molar-refractivity contribution in [3.63, 3.8) is 0 Å². The predicted octanol–water partition coefficient (Wildman–Crippen LogP) is 1.16. The lowest BCUT2D eigenvalue weighted by molar-refractivity contribution is 0.405. The van der Waals surface area contributed by atoms with Gasteiger partial charge in [-0.15, -0.1) is 0 Å². The topological polar surface area (TPSA) is 61.9 Å². The zero-order valence-electron chi connectivity index (χ0n) is 11.3. The first-order valence-corrected chi connectivity index (χ1v) is 6.30. The summed E-state index contributed by atoms with van der Waals surface area (Å²) in [5.74, 6) is 1.28. The molecule has 0 saturated heterocycles. The molecule has 0 bridgehead atoms. The van der Waals surface area contributed by atoms with E-state index in [2.05, 4.69) is 17.4 Å². The van der Waals surface area contributed by atoms with Gasteiger partial charge in [0.25, 0.3) is 0 Å². The van der Waals surface area contributed by atoms with Crippen LogP contribution < -0.4 is 10.4 Å². The molecular weight excluding hydrogens is 244 g/mol. The van der Waals surface area contributed by atoms with E-state index in [1.807, 2.05) is 12.1 Å². The van der Waals surface area contributed by atoms with Crippen LogP contribution in [-0.2, 0) is 7.05 Å². The molecule has 1 fully saturated rings. The number of aromatic nitrogens is 4. The molecule has 0 aliphatic heterocycles. The molecule has 0 atom stereocenters. The molecule has 19 heavy (non-hydrogen) atoms. The maximum atomic E-state index is 12.0. The molecule has 1 aromatic carbocycles. The van der Waals surface area contributed by atoms with Gasteiger partial charge in [0.1, 0.15) is 11.4 Å². The SMILES string of the molecule is COc1c(-n2nnn(C)c2=O)ccc(C)c1C1CC1. The summed E-state index contributed by atoms with van der Waals surface area (Å²) >= 11 is 0. The number of methoxy groups -OCH3 is 1. The van der Waals surface area contributed by atoms with Gasteiger partial charge in [-0.2, -0.15) is 9.36 Å². The van der Waals surface area contributed by atoms with Crippen LogP contribution in [0.4, 0.5) is 0 Å². The van der Waals surface area contributed by atoms with Crippen molar-refractivity contribution in [2.75, 3.05) is 7.11 Å². The second-order valence-electron chi connectivity index (χ2n) is 4.92. The summed E-state index contributed by atoms with van der Waals surface area (Å²) < 4.78 is 8.03. The van der Waals surface area contributed by atoms with Gasteiger partial charge >= 0.3 is 5.69 Å². The fourth-order valence-corrected chi connectivity index (χ4v) is 2.41. The average Bonchev–Trinajstić information content (AvgIpc) is 3.18. The third kappa shape index (κ3) is 1.83. The van der Waals surface area contributed by atoms with E-state index in [0.717, 1.165) is 5.75 Å². The Morgan fingerprint density at radius 2 is 2.05 bits per heavy atom. The maximum absolute atomic E-state index is 12.0. The molecule has 0 N–H and O–H groups in total. The molecule has 1 aromatic heterocycles. The lowest BCUT2D eigenvalue weighted by atomic mass is 10.0. The van der Waals surface area contributed by atoms with Crippen molar-refractivity contribution in [1.82, 2.24) is 19.8 Å². The highest BCUT2D eigenvalue weighted by Gasteiger charge is 2.30. The van der Waals surface area contributed by atoms with Gasteiger partial charge in [0, 0.05) is 12.6 Å². The molecule has 1 aliphatic carbocycles. The van der Waals surface area contributed by atoms with Crippen LogP contribution in [0.3, 0.4) is 0 Å². The Hall–Kier alpha value is -2.11. The molecule has 100 valence electrons. The van der Waals surface area contributed by atoms with Crippen LogP contribution in [0.25, 0.3) is 5.69 Å². The van der Waals surface area contributed by atoms with Crippen LogP contribution in [0, 0.1) is 6.92 Å². The minimum Gasteiger partial charge on any atom is -0.494 e. The highest BCUT2D eigenvalue weighted by atomic mass is 16.5. The van der Waals surface area contributed by atoms with Crippen LogP contribution in [0.5, 0.6) is 5.75 Å². The van der Waals surface area contributed by atoms with E-state index in [0.29, 0.717) is 11.6 Å². The molecule has 6 heteroatoms. The maximum Gasteiger partial charge on any atom is 0.368 e. The number of benzene rings is 1. The Labute approximate surface area is 110 Å². The zero-order valence-corrected chi connectivity index (χ0v) is 11.3. The standard InChI is InChI=1S/C13H16N4O2/c1-8-4-7-10(17-13(18)16(2)14-15-17)12(19-3)11(8)9-5-6-9/h4,7,9H,5-6H2,1-3H3. The normalized spacial score (nSPS) is 14.7. The van der Waals surface area contributed by atoms with Crippen molar-refractivity contribution in [3.8, 4) is 11.4 Å². The van der Waals surface area contributed by atoms with Crippen molar-refractivity contribution < 1.29 is 4.74 Å². The van der Waals surface area contributed by atoms with Gasteiger partial charge in [0.05, 0.1) is 7.11 Å². The van der Waals surface area contributed by atoms with Crippen LogP contribution in [0.2, 0.25) is 0 Å². The van der Waals surface area contributed by atoms with Crippen molar-refractivity contribution in [2.24, 2.45) is 7.05 Å². The van der Waals surface area contributed by atoms with Gasteiger partial charge < -0.3 is 4.74 Å². The van der Waals surface area contributed by atoms with Crippen LogP contribution >= 0.6 is 0 Å². The van der Waals surface area contributed by atoms with E-state index >= 15 is 0 Å². The Balaban J connectivity index is 2.24. The van der Waals surface area contributed by atoms with Crippen molar-refractivity contribution in [1.29, 1.82) is 0 Å². The molecule has 0 unspecified atom stereocenters. The van der Waals surface area contributed by atoms with E-state index in [-0.39, 0.29) is 5.69 Å². The van der Waals surface area contributed by atoms with Crippen LogP contribution in [0.15, 0.2) is 16.9 Å². The minimum absolute atomic E-state index is 0.274. The molecule has 1 saturated carbocycles. The Morgan fingerprint density at radius 3 is 2.58 bits per heavy atom. The minimum atomic E-state index is -0.274. The molecule has 0 radical (unpaired) electrons. The summed E-state index contributed by atoms with van der Waals surface area (Å²) in [5, 5.41) is 7.62. The smallest absolute Gasteiger partial charge is 0.368 e. The number of ether oxygens (including phenoxy) is 1. The third-order valence-electron chi connectivity index (χ3n) is 3.53. The largest absolute Gasteiger partial charge is 0.494 e. The molecule has 0 spiro atoms. The molecule has 3 rings (SSSR count). The quantitative estimate of drug-likeness (QED) is 0.830. The number of nitrogens with zero attached hydrogens (tertiary/aromatic N) is 4. The second kappa shape index (κ2) is 4.22. The predicted molar refractivity (Wildman–Crippen MR) is 69.9 cm³/mol. The number of hydrogen-bond donors (Lipinski definition) is 0. The highest BCUT2D eigenvalue weighted by molar-refractivity contribution is 5.56. The Morgan fingerprint density at radius 1 is 1.32 bits per heavy atom. The molecule has 1 heterocycles. The number of aryl methyl sites for hydroxylation is 2. The summed E-state index contributed by atoms with van der Waals surface area (Å²) in [5.41, 5.74) is 2.77. The van der Waals surface area contributed by atoms with Crippen molar-refractivity contribution in [3.05, 3.63) is 33.7 Å². The monoisotopic (exact) mass is 260 g/mol. The number of rotatable bonds is 3. The first kappa shape index (κ1) is 12.0. The zero-order chi connectivity index (χ0) is 13.6. The molecule has 6 nitrogen and oxygen atoms in total. The molecule has 1 aliphatic rings. The van der Waals surface area contributed by atoms with E-state index in [1.54, 1.807) is 14.2 Å². The Kier molecular flexibility index (Phi) is 2.66. The van der Waals surface area contributed by atoms with E-state index < -0.39 is 0 Å².